The number of nitrogens with one attached hydrogen (secondary N) is 1. The van der Waals surface area contributed by atoms with Crippen molar-refractivity contribution in [1.82, 2.24) is 5.32 Å². The topological polar surface area (TPSA) is 41.5 Å². The number of ether oxygens (including phenoxy) is 1. The van der Waals surface area contributed by atoms with Crippen LogP contribution in [0.5, 0.6) is 0 Å². The van der Waals surface area contributed by atoms with E-state index in [1.165, 1.54) is 0 Å². The van der Waals surface area contributed by atoms with Gasteiger partial charge in [-0.05, 0) is 26.2 Å². The molecule has 3 nitrogen and oxygen atoms in total. The molecule has 3 heteroatoms. The summed E-state index contributed by atoms with van der Waals surface area (Å²) >= 11 is 0. The van der Waals surface area contributed by atoms with Gasteiger partial charge < -0.3 is 15.2 Å². The molecule has 0 aromatic heterocycles. The van der Waals surface area contributed by atoms with Gasteiger partial charge in [0.05, 0.1) is 12.2 Å². The Hall–Kier alpha value is -0.120. The first-order valence-electron chi connectivity index (χ1n) is 6.06. The summed E-state index contributed by atoms with van der Waals surface area (Å²) in [5.41, 5.74) is 0.0432. The monoisotopic (exact) mass is 213 g/mol. The van der Waals surface area contributed by atoms with Crippen LogP contribution in [0.15, 0.2) is 0 Å². The summed E-state index contributed by atoms with van der Waals surface area (Å²) in [7, 11) is 0. The van der Waals surface area contributed by atoms with Crippen LogP contribution in [-0.4, -0.2) is 36.0 Å². The van der Waals surface area contributed by atoms with Crippen molar-refractivity contribution in [3.8, 4) is 0 Å². The molecule has 1 aliphatic carbocycles. The van der Waals surface area contributed by atoms with Gasteiger partial charge in [0.15, 0.2) is 0 Å². The van der Waals surface area contributed by atoms with Crippen molar-refractivity contribution in [2.45, 2.75) is 64.3 Å². The Bertz CT molecular complexity index is 230. The average molecular weight is 213 g/mol. The predicted octanol–water partition coefficient (Wildman–Crippen LogP) is 1.30. The van der Waals surface area contributed by atoms with Crippen molar-refractivity contribution in [2.24, 2.45) is 5.41 Å². The van der Waals surface area contributed by atoms with E-state index in [0.29, 0.717) is 18.2 Å². The predicted molar refractivity (Wildman–Crippen MR) is 59.8 cm³/mol. The van der Waals surface area contributed by atoms with Crippen LogP contribution in [-0.2, 0) is 4.74 Å². The summed E-state index contributed by atoms with van der Waals surface area (Å²) in [6, 6.07) is 1.05. The molecule has 0 spiro atoms. The minimum Gasteiger partial charge on any atom is -0.392 e. The Labute approximate surface area is 92.2 Å². The van der Waals surface area contributed by atoms with Gasteiger partial charge in [-0.1, -0.05) is 13.8 Å². The van der Waals surface area contributed by atoms with Gasteiger partial charge in [-0.2, -0.15) is 0 Å². The van der Waals surface area contributed by atoms with Gasteiger partial charge in [-0.25, -0.2) is 0 Å². The Morgan fingerprint density at radius 2 is 2.07 bits per heavy atom. The Morgan fingerprint density at radius 1 is 1.33 bits per heavy atom. The third-order valence-corrected chi connectivity index (χ3v) is 4.14. The van der Waals surface area contributed by atoms with E-state index in [1.54, 1.807) is 0 Å². The first-order chi connectivity index (χ1) is 7.00. The molecule has 1 saturated heterocycles. The lowest BCUT2D eigenvalue weighted by atomic mass is 9.64. The highest BCUT2D eigenvalue weighted by molar-refractivity contribution is 5.02. The second-order valence-corrected chi connectivity index (χ2v) is 5.69. The molecule has 88 valence electrons. The first-order valence-corrected chi connectivity index (χ1v) is 6.06. The fraction of sp³-hybridized carbons (Fsp3) is 1.00. The van der Waals surface area contributed by atoms with E-state index in [1.807, 2.05) is 0 Å². The molecule has 4 unspecified atom stereocenters. The van der Waals surface area contributed by atoms with Gasteiger partial charge in [0.1, 0.15) is 0 Å². The largest absolute Gasteiger partial charge is 0.392 e. The fourth-order valence-electron chi connectivity index (χ4n) is 2.62. The highest BCUT2D eigenvalue weighted by Gasteiger charge is 2.47. The molecule has 4 atom stereocenters. The second-order valence-electron chi connectivity index (χ2n) is 5.69. The van der Waals surface area contributed by atoms with Crippen molar-refractivity contribution < 1.29 is 9.84 Å². The highest BCUT2D eigenvalue weighted by atomic mass is 16.5. The molecular weight excluding hydrogens is 190 g/mol. The molecule has 0 radical (unpaired) electrons. The van der Waals surface area contributed by atoms with Gasteiger partial charge in [-0.15, -0.1) is 0 Å². The van der Waals surface area contributed by atoms with Gasteiger partial charge >= 0.3 is 0 Å². The van der Waals surface area contributed by atoms with Gasteiger partial charge in [0, 0.05) is 24.1 Å². The zero-order valence-electron chi connectivity index (χ0n) is 9.99. The quantitative estimate of drug-likeness (QED) is 0.726. The standard InChI is InChI=1S/C12H23NO2/c1-8-6-9(4-5-15-8)13-10-7-11(14)12(10,2)3/h8-11,13-14H,4-7H2,1-3H3. The molecule has 0 amide bonds. The minimum atomic E-state index is -0.132. The molecule has 1 saturated carbocycles. The van der Waals surface area contributed by atoms with Gasteiger partial charge in [0.2, 0.25) is 0 Å². The average Bonchev–Trinajstić information content (AvgIpc) is 2.17. The molecule has 2 rings (SSSR count). The zero-order valence-corrected chi connectivity index (χ0v) is 9.99. The maximum Gasteiger partial charge on any atom is 0.0621 e. The highest BCUT2D eigenvalue weighted by Crippen LogP contribution is 2.41. The van der Waals surface area contributed by atoms with Crippen LogP contribution in [0.1, 0.15) is 40.0 Å². The molecular formula is C12H23NO2. The Kier molecular flexibility index (Phi) is 3.06. The van der Waals surface area contributed by atoms with Crippen LogP contribution < -0.4 is 5.32 Å². The van der Waals surface area contributed by atoms with E-state index in [-0.39, 0.29) is 11.5 Å². The SMILES string of the molecule is CC1CC(NC2CC(O)C2(C)C)CCO1. The Morgan fingerprint density at radius 3 is 2.60 bits per heavy atom. The molecule has 0 aromatic carbocycles. The van der Waals surface area contributed by atoms with E-state index in [9.17, 15) is 5.11 Å². The van der Waals surface area contributed by atoms with Gasteiger partial charge in [-0.3, -0.25) is 0 Å². The summed E-state index contributed by atoms with van der Waals surface area (Å²) in [6.45, 7) is 7.28. The first kappa shape index (κ1) is 11.4. The molecule has 0 aromatic rings. The summed E-state index contributed by atoms with van der Waals surface area (Å²) in [5, 5.41) is 13.3. The van der Waals surface area contributed by atoms with Gasteiger partial charge in [0.25, 0.3) is 0 Å². The van der Waals surface area contributed by atoms with Crippen LogP contribution in [0.25, 0.3) is 0 Å². The van der Waals surface area contributed by atoms with Crippen LogP contribution in [0, 0.1) is 5.41 Å². The smallest absolute Gasteiger partial charge is 0.0621 e. The van der Waals surface area contributed by atoms with Crippen LogP contribution in [0.3, 0.4) is 0 Å². The van der Waals surface area contributed by atoms with Crippen molar-refractivity contribution in [3.63, 3.8) is 0 Å². The summed E-state index contributed by atoms with van der Waals surface area (Å²) in [6.07, 6.45) is 3.35. The van der Waals surface area contributed by atoms with Crippen molar-refractivity contribution in [3.05, 3.63) is 0 Å². The Balaban J connectivity index is 1.82. The van der Waals surface area contributed by atoms with Crippen LogP contribution in [0.4, 0.5) is 0 Å². The van der Waals surface area contributed by atoms with E-state index in [2.05, 4.69) is 26.1 Å². The normalized spacial score (nSPS) is 44.8. The molecule has 1 heterocycles. The molecule has 2 fully saturated rings. The number of rotatable bonds is 2. The number of hydrogen-bond acceptors (Lipinski definition) is 3. The van der Waals surface area contributed by atoms with Crippen LogP contribution in [0.2, 0.25) is 0 Å². The van der Waals surface area contributed by atoms with E-state index < -0.39 is 0 Å². The van der Waals surface area contributed by atoms with E-state index >= 15 is 0 Å². The maximum atomic E-state index is 9.66. The summed E-state index contributed by atoms with van der Waals surface area (Å²) in [4.78, 5) is 0. The molecule has 2 N–H and O–H groups in total. The third kappa shape index (κ3) is 2.19. The number of hydrogen-bond donors (Lipinski definition) is 2. The minimum absolute atomic E-state index is 0.0432. The van der Waals surface area contributed by atoms with Crippen LogP contribution >= 0.6 is 0 Å². The fourth-order valence-corrected chi connectivity index (χ4v) is 2.62. The van der Waals surface area contributed by atoms with E-state index in [4.69, 9.17) is 4.74 Å². The third-order valence-electron chi connectivity index (χ3n) is 4.14. The molecule has 15 heavy (non-hydrogen) atoms. The number of aliphatic hydroxyl groups is 1. The zero-order chi connectivity index (χ0) is 11.1. The lowest BCUT2D eigenvalue weighted by Crippen LogP contribution is -2.62. The summed E-state index contributed by atoms with van der Waals surface area (Å²) in [5.74, 6) is 0. The lowest BCUT2D eigenvalue weighted by molar-refractivity contribution is -0.0830. The molecule has 0 bridgehead atoms. The van der Waals surface area contributed by atoms with E-state index in [0.717, 1.165) is 25.9 Å². The molecule has 2 aliphatic rings. The summed E-state index contributed by atoms with van der Waals surface area (Å²) < 4.78 is 5.52. The molecule has 1 aliphatic heterocycles. The van der Waals surface area contributed by atoms with Crippen molar-refractivity contribution >= 4 is 0 Å². The van der Waals surface area contributed by atoms with Crippen molar-refractivity contribution in [2.75, 3.05) is 6.61 Å². The lowest BCUT2D eigenvalue weighted by Gasteiger charge is -2.51. The second kappa shape index (κ2) is 4.04. The number of aliphatic hydroxyl groups excluding tert-OH is 1. The van der Waals surface area contributed by atoms with Crippen molar-refractivity contribution in [1.29, 1.82) is 0 Å². The maximum absolute atomic E-state index is 9.66.